The number of anilines is 1. The fraction of sp³-hybridized carbons (Fsp3) is 0.250. The van der Waals surface area contributed by atoms with E-state index in [0.717, 1.165) is 6.07 Å². The van der Waals surface area contributed by atoms with Crippen LogP contribution in [0.15, 0.2) is 12.4 Å². The van der Waals surface area contributed by atoms with Crippen molar-refractivity contribution >= 4 is 17.4 Å². The molecule has 10 heteroatoms. The average Bonchev–Trinajstić information content (AvgIpc) is 2.77. The number of nitrogens with one attached hydrogen (secondary N) is 2. The molecule has 2 N–H and O–H groups in total. The highest BCUT2D eigenvalue weighted by Crippen LogP contribution is 2.29. The monoisotopic (exact) mass is 278 g/mol. The van der Waals surface area contributed by atoms with Crippen molar-refractivity contribution in [2.75, 3.05) is 5.32 Å². The molecule has 6 nitrogen and oxygen atoms in total. The normalized spacial score (nSPS) is 11.6. The SMILES string of the molecule is FC(F)(F)c1cc(NCc2ncn[nH]2)nc(Cl)n1. The highest BCUT2D eigenvalue weighted by atomic mass is 35.5. The van der Waals surface area contributed by atoms with Gasteiger partial charge in [0.25, 0.3) is 0 Å². The number of H-pyrrole nitrogens is 1. The molecule has 0 saturated carbocycles. The predicted molar refractivity (Wildman–Crippen MR) is 55.8 cm³/mol. The minimum absolute atomic E-state index is 0.0428. The maximum atomic E-state index is 12.5. The minimum atomic E-state index is -4.57. The smallest absolute Gasteiger partial charge is 0.363 e. The lowest BCUT2D eigenvalue weighted by Gasteiger charge is -2.08. The number of hydrogen-bond acceptors (Lipinski definition) is 5. The van der Waals surface area contributed by atoms with E-state index in [2.05, 4.69) is 30.5 Å². The summed E-state index contributed by atoms with van der Waals surface area (Å²) in [5, 5.41) is 8.29. The Morgan fingerprint density at radius 2 is 2.11 bits per heavy atom. The standard InChI is InChI=1S/C8H6ClF3N6/c9-7-16-4(8(10,11)12)1-5(17-7)13-2-6-14-3-15-18-6/h1,3H,2H2,(H,13,16,17)(H,14,15,18). The first-order chi connectivity index (χ1) is 8.45. The van der Waals surface area contributed by atoms with Crippen molar-refractivity contribution in [2.24, 2.45) is 0 Å². The Bertz CT molecular complexity index is 526. The Balaban J connectivity index is 2.15. The molecule has 96 valence electrons. The molecule has 2 aromatic heterocycles. The van der Waals surface area contributed by atoms with Crippen LogP contribution in [0.1, 0.15) is 11.5 Å². The fourth-order valence-electron chi connectivity index (χ4n) is 1.14. The third kappa shape index (κ3) is 3.06. The van der Waals surface area contributed by atoms with E-state index in [0.29, 0.717) is 5.82 Å². The van der Waals surface area contributed by atoms with Crippen LogP contribution >= 0.6 is 11.6 Å². The minimum Gasteiger partial charge on any atom is -0.363 e. The molecule has 0 aromatic carbocycles. The lowest BCUT2D eigenvalue weighted by Crippen LogP contribution is -2.11. The molecule has 0 radical (unpaired) electrons. The number of alkyl halides is 3. The van der Waals surface area contributed by atoms with Gasteiger partial charge in [-0.1, -0.05) is 0 Å². The van der Waals surface area contributed by atoms with Gasteiger partial charge in [-0.05, 0) is 11.6 Å². The van der Waals surface area contributed by atoms with E-state index in [9.17, 15) is 13.2 Å². The quantitative estimate of drug-likeness (QED) is 0.838. The van der Waals surface area contributed by atoms with Gasteiger partial charge in [-0.2, -0.15) is 18.3 Å². The summed E-state index contributed by atoms with van der Waals surface area (Å²) < 4.78 is 37.4. The molecular formula is C8H6ClF3N6. The van der Waals surface area contributed by atoms with E-state index in [-0.39, 0.29) is 12.4 Å². The predicted octanol–water partition coefficient (Wildman–Crippen LogP) is 1.88. The fourth-order valence-corrected chi connectivity index (χ4v) is 1.33. The van der Waals surface area contributed by atoms with Crippen LogP contribution in [0, 0.1) is 0 Å². The van der Waals surface area contributed by atoms with Crippen LogP contribution in [0.2, 0.25) is 5.28 Å². The number of aromatic nitrogens is 5. The Morgan fingerprint density at radius 3 is 2.72 bits per heavy atom. The molecule has 0 spiro atoms. The second-order valence-corrected chi connectivity index (χ2v) is 3.53. The molecule has 0 unspecified atom stereocenters. The zero-order chi connectivity index (χ0) is 13.2. The number of halogens is 4. The van der Waals surface area contributed by atoms with Gasteiger partial charge < -0.3 is 5.32 Å². The topological polar surface area (TPSA) is 79.4 Å². The van der Waals surface area contributed by atoms with Gasteiger partial charge in [0.2, 0.25) is 5.28 Å². The van der Waals surface area contributed by atoms with Crippen LogP contribution in [-0.4, -0.2) is 25.1 Å². The molecule has 2 rings (SSSR count). The molecule has 0 aliphatic carbocycles. The Hall–Kier alpha value is -1.90. The van der Waals surface area contributed by atoms with Crippen LogP contribution < -0.4 is 5.32 Å². The Labute approximate surface area is 104 Å². The molecule has 0 atom stereocenters. The van der Waals surface area contributed by atoms with Crippen LogP contribution in [-0.2, 0) is 12.7 Å². The molecule has 18 heavy (non-hydrogen) atoms. The summed E-state index contributed by atoms with van der Waals surface area (Å²) in [6.45, 7) is 0.143. The van der Waals surface area contributed by atoms with E-state index < -0.39 is 17.2 Å². The first-order valence-corrected chi connectivity index (χ1v) is 5.03. The van der Waals surface area contributed by atoms with E-state index in [1.807, 2.05) is 0 Å². The summed E-state index contributed by atoms with van der Waals surface area (Å²) in [7, 11) is 0. The summed E-state index contributed by atoms with van der Waals surface area (Å²) in [6, 6.07) is 0.766. The van der Waals surface area contributed by atoms with Crippen molar-refractivity contribution in [2.45, 2.75) is 12.7 Å². The third-order valence-electron chi connectivity index (χ3n) is 1.89. The molecule has 0 saturated heterocycles. The number of aromatic amines is 1. The first kappa shape index (κ1) is 12.6. The van der Waals surface area contributed by atoms with Gasteiger partial charge in [0.15, 0.2) is 5.69 Å². The van der Waals surface area contributed by atoms with Crippen LogP contribution in [0.25, 0.3) is 0 Å². The molecule has 2 aromatic rings. The Morgan fingerprint density at radius 1 is 1.33 bits per heavy atom. The summed E-state index contributed by atoms with van der Waals surface area (Å²) in [6.07, 6.45) is -3.29. The van der Waals surface area contributed by atoms with E-state index in [1.165, 1.54) is 6.33 Å². The summed E-state index contributed by atoms with van der Waals surface area (Å²) in [5.41, 5.74) is -1.11. The van der Waals surface area contributed by atoms with Crippen molar-refractivity contribution in [3.05, 3.63) is 29.2 Å². The molecule has 2 heterocycles. The summed E-state index contributed by atoms with van der Waals surface area (Å²) in [4.78, 5) is 10.5. The van der Waals surface area contributed by atoms with Crippen LogP contribution in [0.3, 0.4) is 0 Å². The summed E-state index contributed by atoms with van der Waals surface area (Å²) >= 11 is 5.42. The van der Waals surface area contributed by atoms with E-state index in [1.54, 1.807) is 0 Å². The van der Waals surface area contributed by atoms with Gasteiger partial charge >= 0.3 is 6.18 Å². The molecule has 0 aliphatic heterocycles. The van der Waals surface area contributed by atoms with Crippen LogP contribution in [0.4, 0.5) is 19.0 Å². The largest absolute Gasteiger partial charge is 0.433 e. The number of hydrogen-bond donors (Lipinski definition) is 2. The lowest BCUT2D eigenvalue weighted by atomic mass is 10.4. The molecule has 0 aliphatic rings. The third-order valence-corrected chi connectivity index (χ3v) is 2.06. The van der Waals surface area contributed by atoms with Gasteiger partial charge in [-0.3, -0.25) is 5.10 Å². The first-order valence-electron chi connectivity index (χ1n) is 4.65. The van der Waals surface area contributed by atoms with Crippen molar-refractivity contribution in [1.82, 2.24) is 25.1 Å². The van der Waals surface area contributed by atoms with Crippen LogP contribution in [0.5, 0.6) is 0 Å². The second-order valence-electron chi connectivity index (χ2n) is 3.19. The molecule has 0 fully saturated rings. The number of rotatable bonds is 3. The molecular weight excluding hydrogens is 273 g/mol. The zero-order valence-electron chi connectivity index (χ0n) is 8.66. The second kappa shape index (κ2) is 4.77. The average molecular weight is 279 g/mol. The zero-order valence-corrected chi connectivity index (χ0v) is 9.42. The molecule has 0 bridgehead atoms. The van der Waals surface area contributed by atoms with Gasteiger partial charge in [-0.15, -0.1) is 0 Å². The highest BCUT2D eigenvalue weighted by molar-refractivity contribution is 6.28. The maximum absolute atomic E-state index is 12.5. The van der Waals surface area contributed by atoms with Crippen molar-refractivity contribution in [3.63, 3.8) is 0 Å². The highest BCUT2D eigenvalue weighted by Gasteiger charge is 2.33. The van der Waals surface area contributed by atoms with Crippen molar-refractivity contribution in [3.8, 4) is 0 Å². The summed E-state index contributed by atoms with van der Waals surface area (Å²) in [5.74, 6) is 0.414. The molecule has 0 amide bonds. The van der Waals surface area contributed by atoms with E-state index >= 15 is 0 Å². The van der Waals surface area contributed by atoms with Crippen molar-refractivity contribution in [1.29, 1.82) is 0 Å². The number of nitrogens with zero attached hydrogens (tertiary/aromatic N) is 4. The Kier molecular flexibility index (Phi) is 3.32. The van der Waals surface area contributed by atoms with Gasteiger partial charge in [0.1, 0.15) is 18.0 Å². The van der Waals surface area contributed by atoms with Gasteiger partial charge in [-0.25, -0.2) is 15.0 Å². The maximum Gasteiger partial charge on any atom is 0.433 e. The van der Waals surface area contributed by atoms with Crippen molar-refractivity contribution < 1.29 is 13.2 Å². The lowest BCUT2D eigenvalue weighted by molar-refractivity contribution is -0.141. The van der Waals surface area contributed by atoms with Gasteiger partial charge in [0, 0.05) is 6.07 Å². The van der Waals surface area contributed by atoms with E-state index in [4.69, 9.17) is 11.6 Å². The van der Waals surface area contributed by atoms with Gasteiger partial charge in [0.05, 0.1) is 6.54 Å².